The molecule has 1 heterocycles. The molecule has 0 spiro atoms. The molecule has 0 radical (unpaired) electrons. The van der Waals surface area contributed by atoms with Gasteiger partial charge in [-0.2, -0.15) is 0 Å². The molecule has 1 aliphatic carbocycles. The standard InChI is InChI=1S/C15H20N2O2/c1-9-4-2-3-5-13(9)19-14-8-12-10(6-11(14)16)7-15(18)17-12/h6,8-9,13H,2-5,7,16H2,1H3,(H,17,18). The molecule has 4 nitrogen and oxygen atoms in total. The minimum absolute atomic E-state index is 0.0255. The van der Waals surface area contributed by atoms with Crippen molar-refractivity contribution in [3.63, 3.8) is 0 Å². The fourth-order valence-electron chi connectivity index (χ4n) is 3.00. The molecule has 2 atom stereocenters. The molecular formula is C15H20N2O2. The van der Waals surface area contributed by atoms with Crippen LogP contribution in [-0.2, 0) is 11.2 Å². The van der Waals surface area contributed by atoms with Crippen molar-refractivity contribution in [1.29, 1.82) is 0 Å². The zero-order valence-corrected chi connectivity index (χ0v) is 11.2. The van der Waals surface area contributed by atoms with Gasteiger partial charge in [0.15, 0.2) is 0 Å². The fraction of sp³-hybridized carbons (Fsp3) is 0.533. The third-order valence-corrected chi connectivity index (χ3v) is 4.17. The molecule has 102 valence electrons. The van der Waals surface area contributed by atoms with E-state index in [-0.39, 0.29) is 12.0 Å². The molecule has 19 heavy (non-hydrogen) atoms. The largest absolute Gasteiger partial charge is 0.488 e. The Balaban J connectivity index is 1.81. The van der Waals surface area contributed by atoms with Crippen molar-refractivity contribution in [2.75, 3.05) is 11.1 Å². The van der Waals surface area contributed by atoms with E-state index < -0.39 is 0 Å². The summed E-state index contributed by atoms with van der Waals surface area (Å²) in [7, 11) is 0. The van der Waals surface area contributed by atoms with Crippen LogP contribution in [0.25, 0.3) is 0 Å². The number of nitrogens with one attached hydrogen (secondary N) is 1. The van der Waals surface area contributed by atoms with Crippen molar-refractivity contribution < 1.29 is 9.53 Å². The van der Waals surface area contributed by atoms with Crippen LogP contribution in [0.3, 0.4) is 0 Å². The first-order chi connectivity index (χ1) is 9.13. The molecule has 3 N–H and O–H groups in total. The highest BCUT2D eigenvalue weighted by Gasteiger charge is 2.25. The Kier molecular flexibility index (Phi) is 3.09. The highest BCUT2D eigenvalue weighted by molar-refractivity contribution is 6.00. The highest BCUT2D eigenvalue weighted by Crippen LogP contribution is 2.36. The molecule has 1 aromatic carbocycles. The van der Waals surface area contributed by atoms with Crippen LogP contribution >= 0.6 is 0 Å². The molecule has 1 aliphatic heterocycles. The van der Waals surface area contributed by atoms with E-state index in [0.717, 1.165) is 17.7 Å². The maximum Gasteiger partial charge on any atom is 0.228 e. The molecule has 0 bridgehead atoms. The Labute approximate surface area is 113 Å². The van der Waals surface area contributed by atoms with E-state index in [1.165, 1.54) is 19.3 Å². The topological polar surface area (TPSA) is 64.3 Å². The predicted octanol–water partition coefficient (Wildman–Crippen LogP) is 2.72. The molecule has 1 saturated carbocycles. The number of hydrogen-bond acceptors (Lipinski definition) is 3. The lowest BCUT2D eigenvalue weighted by molar-refractivity contribution is -0.115. The van der Waals surface area contributed by atoms with Gasteiger partial charge in [-0.3, -0.25) is 4.79 Å². The number of nitrogens with two attached hydrogens (primary N) is 1. The molecule has 1 aromatic rings. The first-order valence-corrected chi connectivity index (χ1v) is 7.02. The Hall–Kier alpha value is -1.71. The van der Waals surface area contributed by atoms with Gasteiger partial charge < -0.3 is 15.8 Å². The van der Waals surface area contributed by atoms with Crippen molar-refractivity contribution in [3.8, 4) is 5.75 Å². The third kappa shape index (κ3) is 2.39. The average Bonchev–Trinajstić information content (AvgIpc) is 2.71. The highest BCUT2D eigenvalue weighted by atomic mass is 16.5. The smallest absolute Gasteiger partial charge is 0.228 e. The number of hydrogen-bond donors (Lipinski definition) is 2. The first kappa shape index (κ1) is 12.3. The van der Waals surface area contributed by atoms with Crippen LogP contribution in [0.1, 0.15) is 38.2 Å². The van der Waals surface area contributed by atoms with E-state index in [1.54, 1.807) is 0 Å². The number of anilines is 2. The van der Waals surface area contributed by atoms with Gasteiger partial charge in [-0.1, -0.05) is 13.3 Å². The Morgan fingerprint density at radius 2 is 2.11 bits per heavy atom. The molecule has 1 fully saturated rings. The Bertz CT molecular complexity index is 513. The predicted molar refractivity (Wildman–Crippen MR) is 75.2 cm³/mol. The lowest BCUT2D eigenvalue weighted by Crippen LogP contribution is -2.28. The van der Waals surface area contributed by atoms with Gasteiger partial charge in [0.05, 0.1) is 12.1 Å². The van der Waals surface area contributed by atoms with Gasteiger partial charge in [0.25, 0.3) is 0 Å². The second-order valence-corrected chi connectivity index (χ2v) is 5.69. The second-order valence-electron chi connectivity index (χ2n) is 5.69. The van der Waals surface area contributed by atoms with Crippen LogP contribution in [0.5, 0.6) is 5.75 Å². The normalized spacial score (nSPS) is 25.8. The molecule has 0 aromatic heterocycles. The molecular weight excluding hydrogens is 240 g/mol. The lowest BCUT2D eigenvalue weighted by atomic mass is 9.88. The molecule has 2 aliphatic rings. The summed E-state index contributed by atoms with van der Waals surface area (Å²) in [6.45, 7) is 2.23. The summed E-state index contributed by atoms with van der Waals surface area (Å²) < 4.78 is 6.08. The van der Waals surface area contributed by atoms with Crippen molar-refractivity contribution in [2.45, 2.75) is 45.1 Å². The van der Waals surface area contributed by atoms with Crippen LogP contribution in [-0.4, -0.2) is 12.0 Å². The van der Waals surface area contributed by atoms with Gasteiger partial charge in [0.1, 0.15) is 11.9 Å². The van der Waals surface area contributed by atoms with Crippen molar-refractivity contribution >= 4 is 17.3 Å². The van der Waals surface area contributed by atoms with Gasteiger partial charge in [0, 0.05) is 11.8 Å². The van der Waals surface area contributed by atoms with Crippen molar-refractivity contribution in [2.24, 2.45) is 5.92 Å². The zero-order valence-electron chi connectivity index (χ0n) is 11.2. The van der Waals surface area contributed by atoms with E-state index in [4.69, 9.17) is 10.5 Å². The number of fused-ring (bicyclic) bond motifs is 1. The number of carbonyl (C=O) groups is 1. The number of carbonyl (C=O) groups excluding carboxylic acids is 1. The third-order valence-electron chi connectivity index (χ3n) is 4.17. The van der Waals surface area contributed by atoms with Gasteiger partial charge in [-0.05, 0) is 36.8 Å². The maximum absolute atomic E-state index is 11.4. The van der Waals surface area contributed by atoms with Crippen LogP contribution in [0.2, 0.25) is 0 Å². The van der Waals surface area contributed by atoms with E-state index in [0.29, 0.717) is 23.8 Å². The summed E-state index contributed by atoms with van der Waals surface area (Å²) in [5.41, 5.74) is 8.48. The quantitative estimate of drug-likeness (QED) is 0.804. The van der Waals surface area contributed by atoms with Gasteiger partial charge in [-0.25, -0.2) is 0 Å². The second kappa shape index (κ2) is 4.76. The summed E-state index contributed by atoms with van der Waals surface area (Å²) in [5.74, 6) is 1.30. The molecule has 4 heteroatoms. The monoisotopic (exact) mass is 260 g/mol. The van der Waals surface area contributed by atoms with Crippen molar-refractivity contribution in [3.05, 3.63) is 17.7 Å². The molecule has 0 saturated heterocycles. The minimum atomic E-state index is 0.0255. The Morgan fingerprint density at radius 3 is 2.89 bits per heavy atom. The van der Waals surface area contributed by atoms with E-state index in [1.807, 2.05) is 12.1 Å². The summed E-state index contributed by atoms with van der Waals surface area (Å²) >= 11 is 0. The van der Waals surface area contributed by atoms with Gasteiger partial charge >= 0.3 is 0 Å². The average molecular weight is 260 g/mol. The van der Waals surface area contributed by atoms with E-state index in [9.17, 15) is 4.79 Å². The number of rotatable bonds is 2. The van der Waals surface area contributed by atoms with Crippen LogP contribution < -0.4 is 15.8 Å². The maximum atomic E-state index is 11.4. The van der Waals surface area contributed by atoms with Crippen molar-refractivity contribution in [1.82, 2.24) is 0 Å². The summed E-state index contributed by atoms with van der Waals surface area (Å²) in [6, 6.07) is 3.73. The lowest BCUT2D eigenvalue weighted by Gasteiger charge is -2.29. The number of ether oxygens (including phenoxy) is 1. The first-order valence-electron chi connectivity index (χ1n) is 7.02. The number of benzene rings is 1. The SMILES string of the molecule is CC1CCCCC1Oc1cc2c(cc1N)CC(=O)N2. The fourth-order valence-corrected chi connectivity index (χ4v) is 3.00. The van der Waals surface area contributed by atoms with Crippen LogP contribution in [0, 0.1) is 5.92 Å². The molecule has 3 rings (SSSR count). The minimum Gasteiger partial charge on any atom is -0.488 e. The Morgan fingerprint density at radius 1 is 1.32 bits per heavy atom. The van der Waals surface area contributed by atoms with Crippen LogP contribution in [0.15, 0.2) is 12.1 Å². The molecule has 2 unspecified atom stereocenters. The van der Waals surface area contributed by atoms with Gasteiger partial charge in [0.2, 0.25) is 5.91 Å². The zero-order chi connectivity index (χ0) is 13.4. The van der Waals surface area contributed by atoms with E-state index in [2.05, 4.69) is 12.2 Å². The number of nitrogen functional groups attached to an aromatic ring is 1. The number of amides is 1. The van der Waals surface area contributed by atoms with Crippen LogP contribution in [0.4, 0.5) is 11.4 Å². The summed E-state index contributed by atoms with van der Waals surface area (Å²) in [5, 5.41) is 2.84. The molecule has 1 amide bonds. The summed E-state index contributed by atoms with van der Waals surface area (Å²) in [4.78, 5) is 11.4. The van der Waals surface area contributed by atoms with Gasteiger partial charge in [-0.15, -0.1) is 0 Å². The summed E-state index contributed by atoms with van der Waals surface area (Å²) in [6.07, 6.45) is 5.47. The van der Waals surface area contributed by atoms with E-state index >= 15 is 0 Å².